The van der Waals surface area contributed by atoms with Gasteiger partial charge in [-0.15, -0.1) is 0 Å². The first-order valence-electron chi connectivity index (χ1n) is 10.7. The quantitative estimate of drug-likeness (QED) is 0.576. The number of rotatable bonds is 7. The van der Waals surface area contributed by atoms with Crippen LogP contribution in [0.4, 0.5) is 0 Å². The van der Waals surface area contributed by atoms with Crippen LogP contribution in [0.25, 0.3) is 16.8 Å². The predicted molar refractivity (Wildman–Crippen MR) is 121 cm³/mol. The maximum absolute atomic E-state index is 13.7. The predicted octanol–water partition coefficient (Wildman–Crippen LogP) is 2.80. The van der Waals surface area contributed by atoms with Gasteiger partial charge in [0.25, 0.3) is 11.5 Å². The van der Waals surface area contributed by atoms with Gasteiger partial charge in [0.1, 0.15) is 0 Å². The highest BCUT2D eigenvalue weighted by Crippen LogP contribution is 2.43. The summed E-state index contributed by atoms with van der Waals surface area (Å²) in [6.45, 7) is 3.71. The van der Waals surface area contributed by atoms with Crippen LogP contribution in [0.5, 0.6) is 0 Å². The van der Waals surface area contributed by atoms with Crippen LogP contribution < -0.4 is 11.3 Å². The Morgan fingerprint density at radius 1 is 1.09 bits per heavy atom. The minimum absolute atomic E-state index is 0.149. The molecule has 0 radical (unpaired) electrons. The molecule has 0 aliphatic heterocycles. The molecule has 0 saturated heterocycles. The Bertz CT molecular complexity index is 1260. The molecule has 0 atom stereocenters. The molecule has 3 aromatic rings. The van der Waals surface area contributed by atoms with Gasteiger partial charge in [0.2, 0.25) is 0 Å². The normalized spacial score (nSPS) is 13.4. The first-order chi connectivity index (χ1) is 15.3. The fraction of sp³-hybridized carbons (Fsp3) is 0.375. The number of primary amides is 1. The standard InChI is InChI=1S/C24H28N4O4/c1-14-21(24(31)28(26(14)3)17-8-6-5-7-9-17)22-18(12-13-19(29)32-4)27(16-10-11-16)15(2)20(22)23(25)30/h5-9,16H,10-13H2,1-4H3,(H2,25,30). The smallest absolute Gasteiger partial charge is 0.305 e. The van der Waals surface area contributed by atoms with Gasteiger partial charge >= 0.3 is 5.97 Å². The second-order valence-corrected chi connectivity index (χ2v) is 8.26. The molecule has 8 heteroatoms. The summed E-state index contributed by atoms with van der Waals surface area (Å²) in [4.78, 5) is 38.3. The summed E-state index contributed by atoms with van der Waals surface area (Å²) in [6, 6.07) is 9.59. The lowest BCUT2D eigenvalue weighted by molar-refractivity contribution is -0.140. The zero-order chi connectivity index (χ0) is 23.2. The highest BCUT2D eigenvalue weighted by molar-refractivity contribution is 6.02. The van der Waals surface area contributed by atoms with Crippen LogP contribution >= 0.6 is 0 Å². The Morgan fingerprint density at radius 3 is 2.31 bits per heavy atom. The molecule has 0 unspecified atom stereocenters. The highest BCUT2D eigenvalue weighted by Gasteiger charge is 2.35. The molecule has 0 bridgehead atoms. The molecule has 1 aliphatic rings. The van der Waals surface area contributed by atoms with Gasteiger partial charge in [-0.2, -0.15) is 0 Å². The molecule has 2 N–H and O–H groups in total. The van der Waals surface area contributed by atoms with E-state index in [2.05, 4.69) is 4.57 Å². The summed E-state index contributed by atoms with van der Waals surface area (Å²) < 4.78 is 10.3. The number of nitrogens with zero attached hydrogens (tertiary/aromatic N) is 3. The zero-order valence-corrected chi connectivity index (χ0v) is 18.8. The van der Waals surface area contributed by atoms with E-state index in [1.54, 1.807) is 9.36 Å². The van der Waals surface area contributed by atoms with Gasteiger partial charge in [0.05, 0.1) is 30.3 Å². The summed E-state index contributed by atoms with van der Waals surface area (Å²) in [5.74, 6) is -0.922. The minimum atomic E-state index is -0.579. The molecule has 0 spiro atoms. The summed E-state index contributed by atoms with van der Waals surface area (Å²) in [7, 11) is 3.17. The second kappa shape index (κ2) is 8.18. The number of ether oxygens (including phenoxy) is 1. The highest BCUT2D eigenvalue weighted by atomic mass is 16.5. The van der Waals surface area contributed by atoms with Gasteiger partial charge in [-0.3, -0.25) is 19.1 Å². The van der Waals surface area contributed by atoms with E-state index < -0.39 is 5.91 Å². The number of hydrogen-bond acceptors (Lipinski definition) is 4. The van der Waals surface area contributed by atoms with E-state index in [1.165, 1.54) is 7.11 Å². The maximum atomic E-state index is 13.7. The van der Waals surface area contributed by atoms with Gasteiger partial charge < -0.3 is 15.0 Å². The van der Waals surface area contributed by atoms with Crippen LogP contribution in [0.3, 0.4) is 0 Å². The van der Waals surface area contributed by atoms with Crippen molar-refractivity contribution in [2.45, 2.75) is 45.6 Å². The number of nitrogens with two attached hydrogens (primary N) is 1. The number of esters is 1. The Hall–Kier alpha value is -3.55. The van der Waals surface area contributed by atoms with Gasteiger partial charge in [-0.05, 0) is 45.2 Å². The van der Waals surface area contributed by atoms with Crippen molar-refractivity contribution in [2.24, 2.45) is 12.8 Å². The zero-order valence-electron chi connectivity index (χ0n) is 18.8. The lowest BCUT2D eigenvalue weighted by atomic mass is 9.98. The second-order valence-electron chi connectivity index (χ2n) is 8.26. The summed E-state index contributed by atoms with van der Waals surface area (Å²) in [6.07, 6.45) is 2.48. The summed E-state index contributed by atoms with van der Waals surface area (Å²) in [5.41, 5.74) is 9.90. The molecule has 32 heavy (non-hydrogen) atoms. The van der Waals surface area contributed by atoms with Gasteiger partial charge in [0, 0.05) is 35.7 Å². The van der Waals surface area contributed by atoms with Gasteiger partial charge in [-0.1, -0.05) is 18.2 Å². The Morgan fingerprint density at radius 2 is 1.75 bits per heavy atom. The molecular weight excluding hydrogens is 408 g/mol. The van der Waals surface area contributed by atoms with Crippen molar-refractivity contribution < 1.29 is 14.3 Å². The molecule has 1 fully saturated rings. The van der Waals surface area contributed by atoms with Crippen LogP contribution in [-0.4, -0.2) is 32.9 Å². The first kappa shape index (κ1) is 21.7. The van der Waals surface area contributed by atoms with Crippen molar-refractivity contribution in [1.29, 1.82) is 0 Å². The molecule has 4 rings (SSSR count). The molecular formula is C24H28N4O4. The third kappa shape index (κ3) is 3.45. The lowest BCUT2D eigenvalue weighted by Gasteiger charge is -2.11. The third-order valence-electron chi connectivity index (χ3n) is 6.31. The number of amides is 1. The van der Waals surface area contributed by atoms with E-state index in [-0.39, 0.29) is 24.0 Å². The molecule has 2 heterocycles. The SMILES string of the molecule is COC(=O)CCc1c(-c2c(C)n(C)n(-c3ccccc3)c2=O)c(C(N)=O)c(C)n1C1CC1. The Balaban J connectivity index is 2.02. The number of carbonyl (C=O) groups excluding carboxylic acids is 2. The molecule has 1 saturated carbocycles. The topological polar surface area (TPSA) is 101 Å². The number of hydrogen-bond donors (Lipinski definition) is 1. The average Bonchev–Trinajstić information content (AvgIpc) is 3.52. The molecule has 2 aromatic heterocycles. The number of para-hydroxylation sites is 1. The fourth-order valence-electron chi connectivity index (χ4n) is 4.59. The number of methoxy groups -OCH3 is 1. The van der Waals surface area contributed by atoms with Gasteiger partial charge in [-0.25, -0.2) is 4.68 Å². The molecule has 1 aromatic carbocycles. The third-order valence-corrected chi connectivity index (χ3v) is 6.31. The largest absolute Gasteiger partial charge is 0.469 e. The number of carbonyl (C=O) groups is 2. The van der Waals surface area contributed by atoms with Crippen LogP contribution in [0, 0.1) is 13.8 Å². The maximum Gasteiger partial charge on any atom is 0.305 e. The van der Waals surface area contributed by atoms with Crippen LogP contribution in [0.2, 0.25) is 0 Å². The summed E-state index contributed by atoms with van der Waals surface area (Å²) >= 11 is 0. The van der Waals surface area contributed by atoms with E-state index in [4.69, 9.17) is 10.5 Å². The van der Waals surface area contributed by atoms with Crippen molar-refractivity contribution >= 4 is 11.9 Å². The fourth-order valence-corrected chi connectivity index (χ4v) is 4.59. The Kier molecular flexibility index (Phi) is 5.54. The van der Waals surface area contributed by atoms with Crippen LogP contribution in [0.1, 0.15) is 52.7 Å². The monoisotopic (exact) mass is 436 g/mol. The number of benzene rings is 1. The van der Waals surface area contributed by atoms with Crippen LogP contribution in [-0.2, 0) is 23.0 Å². The van der Waals surface area contributed by atoms with Crippen molar-refractivity contribution in [2.75, 3.05) is 7.11 Å². The van der Waals surface area contributed by atoms with Crippen molar-refractivity contribution in [3.8, 4) is 16.8 Å². The lowest BCUT2D eigenvalue weighted by Crippen LogP contribution is -2.21. The molecule has 1 amide bonds. The average molecular weight is 437 g/mol. The molecule has 1 aliphatic carbocycles. The van der Waals surface area contributed by atoms with Gasteiger partial charge in [0.15, 0.2) is 0 Å². The van der Waals surface area contributed by atoms with E-state index in [1.807, 2.05) is 51.2 Å². The van der Waals surface area contributed by atoms with Crippen LogP contribution in [0.15, 0.2) is 35.1 Å². The van der Waals surface area contributed by atoms with Crippen molar-refractivity contribution in [3.63, 3.8) is 0 Å². The Labute approximate surface area is 186 Å². The van der Waals surface area contributed by atoms with Crippen molar-refractivity contribution in [1.82, 2.24) is 13.9 Å². The van der Waals surface area contributed by atoms with E-state index in [0.717, 1.165) is 29.9 Å². The molecule has 168 valence electrons. The van der Waals surface area contributed by atoms with E-state index >= 15 is 0 Å². The minimum Gasteiger partial charge on any atom is -0.469 e. The first-order valence-corrected chi connectivity index (χ1v) is 10.7. The van der Waals surface area contributed by atoms with E-state index in [0.29, 0.717) is 28.8 Å². The molecule has 8 nitrogen and oxygen atoms in total. The number of aromatic nitrogens is 3. The van der Waals surface area contributed by atoms with E-state index in [9.17, 15) is 14.4 Å². The summed E-state index contributed by atoms with van der Waals surface area (Å²) in [5, 5.41) is 0. The van der Waals surface area contributed by atoms with Crippen molar-refractivity contribution in [3.05, 3.63) is 63.3 Å².